The predicted octanol–water partition coefficient (Wildman–Crippen LogP) is 2.34. The monoisotopic (exact) mass is 496 g/mol. The molecule has 0 aliphatic carbocycles. The predicted molar refractivity (Wildman–Crippen MR) is 130 cm³/mol. The molecule has 0 aromatic carbocycles. The van der Waals surface area contributed by atoms with Gasteiger partial charge in [0.25, 0.3) is 0 Å². The van der Waals surface area contributed by atoms with E-state index in [2.05, 4.69) is 33.2 Å². The molecule has 0 saturated carbocycles. The number of aliphatic imine (C=N–C) groups is 1. The van der Waals surface area contributed by atoms with Gasteiger partial charge in [0.2, 0.25) is 11.8 Å². The average molecular weight is 497 g/mol. The second-order valence-corrected chi connectivity index (χ2v) is 10.6. The van der Waals surface area contributed by atoms with Crippen LogP contribution >= 0.6 is 35.7 Å². The lowest BCUT2D eigenvalue weighted by Gasteiger charge is -2.27. The molecule has 1 aromatic heterocycles. The van der Waals surface area contributed by atoms with Crippen LogP contribution < -0.4 is 10.6 Å². The number of ether oxygens (including phenoxy) is 1. The highest BCUT2D eigenvalue weighted by Crippen LogP contribution is 2.32. The zero-order valence-corrected chi connectivity index (χ0v) is 20.8. The molecule has 2 aliphatic rings. The van der Waals surface area contributed by atoms with Crippen molar-refractivity contribution in [3.8, 4) is 0 Å². The second kappa shape index (κ2) is 10.8. The molecule has 0 radical (unpaired) electrons. The van der Waals surface area contributed by atoms with Gasteiger partial charge in [0.15, 0.2) is 0 Å². The zero-order valence-electron chi connectivity index (χ0n) is 18.3. The SMILES string of the molecule is CC(C)[C@@H]1NC(=O)[C@]2(C)CSC(=N2)c2csc(n2)CNC(=O)CC(C=CCCS)OC1=O. The topological polar surface area (TPSA) is 110 Å². The molecule has 8 nitrogen and oxygen atoms in total. The minimum Gasteiger partial charge on any atom is -0.456 e. The van der Waals surface area contributed by atoms with Crippen molar-refractivity contribution in [2.45, 2.75) is 57.8 Å². The number of thioether (sulfide) groups is 1. The van der Waals surface area contributed by atoms with Gasteiger partial charge in [-0.3, -0.25) is 14.6 Å². The Hall–Kier alpha value is -1.85. The molecule has 3 heterocycles. The maximum Gasteiger partial charge on any atom is 0.329 e. The molecule has 1 aromatic rings. The molecule has 2 aliphatic heterocycles. The number of aromatic nitrogens is 1. The van der Waals surface area contributed by atoms with Crippen LogP contribution in [0.3, 0.4) is 0 Å². The highest BCUT2D eigenvalue weighted by Gasteiger charge is 2.41. The van der Waals surface area contributed by atoms with Crippen LogP contribution in [0.1, 0.15) is 44.3 Å². The fraction of sp³-hybridized carbons (Fsp3) is 0.571. The van der Waals surface area contributed by atoms with E-state index in [1.165, 1.54) is 23.1 Å². The number of allylic oxidation sites excluding steroid dienone is 1. The van der Waals surface area contributed by atoms with Gasteiger partial charge in [-0.1, -0.05) is 19.9 Å². The van der Waals surface area contributed by atoms with Crippen molar-refractivity contribution >= 4 is 58.6 Å². The summed E-state index contributed by atoms with van der Waals surface area (Å²) in [5.41, 5.74) is -0.311. The van der Waals surface area contributed by atoms with Gasteiger partial charge in [-0.15, -0.1) is 23.1 Å². The third kappa shape index (κ3) is 6.14. The Bertz CT molecular complexity index is 930. The molecular weight excluding hydrogens is 468 g/mol. The number of thiazole rings is 1. The van der Waals surface area contributed by atoms with Gasteiger partial charge in [0.05, 0.1) is 13.0 Å². The lowest BCUT2D eigenvalue weighted by atomic mass is 10.0. The first kappa shape index (κ1) is 24.8. The Labute approximate surface area is 201 Å². The molecule has 4 bridgehead atoms. The van der Waals surface area contributed by atoms with Crippen LogP contribution in [0, 0.1) is 5.92 Å². The Kier molecular flexibility index (Phi) is 8.40. The van der Waals surface area contributed by atoms with Crippen molar-refractivity contribution in [1.82, 2.24) is 15.6 Å². The number of nitrogens with zero attached hydrogens (tertiary/aromatic N) is 2. The average Bonchev–Trinajstić information content (AvgIpc) is 3.37. The number of amides is 2. The van der Waals surface area contributed by atoms with E-state index in [4.69, 9.17) is 4.74 Å². The lowest BCUT2D eigenvalue weighted by Crippen LogP contribution is -2.53. The number of cyclic esters (lactones) is 1. The zero-order chi connectivity index (χ0) is 23.3. The first-order valence-corrected chi connectivity index (χ1v) is 12.9. The first-order valence-electron chi connectivity index (χ1n) is 10.4. The number of nitrogens with one attached hydrogen (secondary N) is 2. The van der Waals surface area contributed by atoms with Crippen molar-refractivity contribution in [3.63, 3.8) is 0 Å². The molecule has 0 saturated heterocycles. The fourth-order valence-corrected chi connectivity index (χ4v) is 5.23. The number of carbonyl (C=O) groups excluding carboxylic acids is 3. The first-order chi connectivity index (χ1) is 15.2. The molecule has 1 unspecified atom stereocenters. The van der Waals surface area contributed by atoms with Crippen LogP contribution in [0.4, 0.5) is 0 Å². The molecule has 11 heteroatoms. The lowest BCUT2D eigenvalue weighted by molar-refractivity contribution is -0.153. The summed E-state index contributed by atoms with van der Waals surface area (Å²) in [7, 11) is 0. The third-order valence-electron chi connectivity index (χ3n) is 5.04. The van der Waals surface area contributed by atoms with Gasteiger partial charge in [0, 0.05) is 11.1 Å². The molecule has 2 amide bonds. The second-order valence-electron chi connectivity index (χ2n) is 8.20. The number of carbonyl (C=O) groups is 3. The van der Waals surface area contributed by atoms with Crippen LogP contribution in [0.5, 0.6) is 0 Å². The maximum atomic E-state index is 13.1. The molecule has 0 fully saturated rings. The summed E-state index contributed by atoms with van der Waals surface area (Å²) in [5.74, 6) is -0.282. The fourth-order valence-electron chi connectivity index (χ4n) is 3.15. The van der Waals surface area contributed by atoms with Gasteiger partial charge in [-0.05, 0) is 31.1 Å². The number of hydrogen-bond donors (Lipinski definition) is 3. The van der Waals surface area contributed by atoms with E-state index in [0.29, 0.717) is 28.7 Å². The smallest absolute Gasteiger partial charge is 0.329 e. The quantitative estimate of drug-likeness (QED) is 0.335. The normalized spacial score (nSPS) is 27.3. The highest BCUT2D eigenvalue weighted by molar-refractivity contribution is 8.14. The largest absolute Gasteiger partial charge is 0.456 e. The van der Waals surface area contributed by atoms with Gasteiger partial charge in [-0.2, -0.15) is 12.6 Å². The molecule has 3 atom stereocenters. The van der Waals surface area contributed by atoms with E-state index in [9.17, 15) is 14.4 Å². The van der Waals surface area contributed by atoms with Crippen LogP contribution in [0.15, 0.2) is 22.5 Å². The summed E-state index contributed by atoms with van der Waals surface area (Å²) in [6.07, 6.45) is 3.44. The molecule has 174 valence electrons. The van der Waals surface area contributed by atoms with Crippen LogP contribution in [0.2, 0.25) is 0 Å². The minimum atomic E-state index is -1.01. The van der Waals surface area contributed by atoms with E-state index in [-0.39, 0.29) is 30.7 Å². The third-order valence-corrected chi connectivity index (χ3v) is 7.43. The van der Waals surface area contributed by atoms with E-state index < -0.39 is 23.7 Å². The Balaban J connectivity index is 1.92. The summed E-state index contributed by atoms with van der Waals surface area (Å²) in [4.78, 5) is 47.8. The van der Waals surface area contributed by atoms with Crippen LogP contribution in [0.25, 0.3) is 0 Å². The Morgan fingerprint density at radius 1 is 1.38 bits per heavy atom. The van der Waals surface area contributed by atoms with Crippen LogP contribution in [-0.2, 0) is 25.7 Å². The van der Waals surface area contributed by atoms with Gasteiger partial charge in [-0.25, -0.2) is 9.78 Å². The molecular formula is C21H28N4O4S3. The molecule has 2 N–H and O–H groups in total. The molecule has 3 rings (SSSR count). The Morgan fingerprint density at radius 3 is 2.88 bits per heavy atom. The molecule has 32 heavy (non-hydrogen) atoms. The summed E-state index contributed by atoms with van der Waals surface area (Å²) in [5, 5.41) is 8.96. The summed E-state index contributed by atoms with van der Waals surface area (Å²) >= 11 is 7.06. The summed E-state index contributed by atoms with van der Waals surface area (Å²) in [6.45, 7) is 5.69. The van der Waals surface area contributed by atoms with Gasteiger partial charge >= 0.3 is 5.97 Å². The molecule has 0 spiro atoms. The summed E-state index contributed by atoms with van der Waals surface area (Å²) < 4.78 is 5.65. The minimum absolute atomic E-state index is 0.0217. The van der Waals surface area contributed by atoms with E-state index >= 15 is 0 Å². The van der Waals surface area contributed by atoms with Crippen LogP contribution in [-0.4, -0.2) is 57.0 Å². The van der Waals surface area contributed by atoms with Crippen molar-refractivity contribution in [2.24, 2.45) is 10.9 Å². The van der Waals surface area contributed by atoms with Gasteiger partial charge < -0.3 is 15.4 Å². The number of rotatable bonds is 4. The van der Waals surface area contributed by atoms with Crippen molar-refractivity contribution in [3.05, 3.63) is 28.2 Å². The standard InChI is InChI=1S/C21H28N4O4S3/c1-12(2)17-19(27)29-13(6-4-5-7-30)8-15(26)22-9-16-23-14(10-31-16)18-25-21(3,11-32-18)20(28)24-17/h4,6,10,12-13,17,30H,5,7-9,11H2,1-3H3,(H,22,26)(H,24,28)/t13?,17-,21-/m0/s1. The van der Waals surface area contributed by atoms with Crippen molar-refractivity contribution < 1.29 is 19.1 Å². The Morgan fingerprint density at radius 2 is 2.16 bits per heavy atom. The number of fused-ring (bicyclic) bond motifs is 4. The van der Waals surface area contributed by atoms with Crippen molar-refractivity contribution in [1.29, 1.82) is 0 Å². The van der Waals surface area contributed by atoms with E-state index in [1.54, 1.807) is 13.0 Å². The van der Waals surface area contributed by atoms with Crippen molar-refractivity contribution in [2.75, 3.05) is 11.5 Å². The highest BCUT2D eigenvalue weighted by atomic mass is 32.2. The maximum absolute atomic E-state index is 13.1. The summed E-state index contributed by atoms with van der Waals surface area (Å²) in [6, 6.07) is -0.855. The van der Waals surface area contributed by atoms with E-state index in [1.807, 2.05) is 25.3 Å². The van der Waals surface area contributed by atoms with E-state index in [0.717, 1.165) is 5.01 Å². The number of esters is 1. The number of thiol groups is 1. The van der Waals surface area contributed by atoms with Gasteiger partial charge in [0.1, 0.15) is 33.4 Å². The number of hydrogen-bond acceptors (Lipinski definition) is 9.